The number of amides is 1. The van der Waals surface area contributed by atoms with Crippen LogP contribution in [0.25, 0.3) is 16.7 Å². The van der Waals surface area contributed by atoms with Gasteiger partial charge in [-0.2, -0.15) is 5.10 Å². The van der Waals surface area contributed by atoms with E-state index in [0.29, 0.717) is 30.3 Å². The van der Waals surface area contributed by atoms with Gasteiger partial charge in [-0.1, -0.05) is 13.0 Å². The van der Waals surface area contributed by atoms with Crippen LogP contribution in [0.3, 0.4) is 0 Å². The van der Waals surface area contributed by atoms with Crippen molar-refractivity contribution in [3.63, 3.8) is 0 Å². The number of carbonyl (C=O) groups excluding carboxylic acids is 1. The lowest BCUT2D eigenvalue weighted by Gasteiger charge is -2.38. The number of nitrogens with zero attached hydrogens (tertiary/aromatic N) is 4. The van der Waals surface area contributed by atoms with Gasteiger partial charge in [0, 0.05) is 30.6 Å². The quantitative estimate of drug-likeness (QED) is 0.397. The van der Waals surface area contributed by atoms with E-state index in [1.165, 1.54) is 29.2 Å². The molecule has 6 nitrogen and oxygen atoms in total. The van der Waals surface area contributed by atoms with Crippen LogP contribution in [0.4, 0.5) is 17.6 Å². The molecule has 1 aliphatic carbocycles. The lowest BCUT2D eigenvalue weighted by Crippen LogP contribution is -2.48. The van der Waals surface area contributed by atoms with Crippen LogP contribution in [0.15, 0.2) is 48.9 Å². The van der Waals surface area contributed by atoms with Gasteiger partial charge in [0.15, 0.2) is 11.5 Å². The second-order valence-corrected chi connectivity index (χ2v) is 8.38. The Morgan fingerprint density at radius 2 is 1.79 bits per heavy atom. The summed E-state index contributed by atoms with van der Waals surface area (Å²) in [6.07, 6.45) is 0.199. The van der Waals surface area contributed by atoms with Crippen molar-refractivity contribution in [2.75, 3.05) is 13.1 Å². The van der Waals surface area contributed by atoms with Crippen LogP contribution in [-0.4, -0.2) is 45.0 Å². The zero-order valence-electron chi connectivity index (χ0n) is 17.5. The van der Waals surface area contributed by atoms with Crippen molar-refractivity contribution < 1.29 is 27.1 Å². The first-order valence-corrected chi connectivity index (χ1v) is 10.6. The van der Waals surface area contributed by atoms with Crippen LogP contribution >= 0.6 is 0 Å². The number of likely N-dealkylation sites (tertiary alicyclic amines) is 1. The van der Waals surface area contributed by atoms with E-state index in [0.717, 1.165) is 35.9 Å². The van der Waals surface area contributed by atoms with E-state index in [1.807, 2.05) is 6.07 Å². The third-order valence-electron chi connectivity index (χ3n) is 6.28. The van der Waals surface area contributed by atoms with Crippen molar-refractivity contribution in [1.29, 1.82) is 0 Å². The molecule has 3 aromatic rings. The highest BCUT2D eigenvalue weighted by Crippen LogP contribution is 2.43. The second-order valence-electron chi connectivity index (χ2n) is 8.38. The molecule has 2 aromatic heterocycles. The summed E-state index contributed by atoms with van der Waals surface area (Å²) in [5.74, 6) is -1.77. The number of ether oxygens (including phenoxy) is 1. The zero-order chi connectivity index (χ0) is 23.3. The number of rotatable bonds is 5. The van der Waals surface area contributed by atoms with E-state index in [4.69, 9.17) is 5.10 Å². The number of alkyl halides is 3. The number of benzene rings is 1. The number of carbonyl (C=O) groups is 1. The van der Waals surface area contributed by atoms with Gasteiger partial charge in [-0.05, 0) is 54.7 Å². The molecule has 2 fully saturated rings. The van der Waals surface area contributed by atoms with Gasteiger partial charge in [-0.3, -0.25) is 4.79 Å². The van der Waals surface area contributed by atoms with Crippen LogP contribution in [-0.2, 0) is 4.79 Å². The highest BCUT2D eigenvalue weighted by Gasteiger charge is 2.37. The minimum atomic E-state index is -4.77. The molecule has 0 bridgehead atoms. The Bertz CT molecular complexity index is 1230. The molecule has 0 atom stereocenters. The van der Waals surface area contributed by atoms with Crippen molar-refractivity contribution in [2.24, 2.45) is 0 Å². The zero-order valence-corrected chi connectivity index (χ0v) is 17.5. The molecular formula is C23H20F4N4O2. The Morgan fingerprint density at radius 3 is 2.36 bits per heavy atom. The van der Waals surface area contributed by atoms with Crippen molar-refractivity contribution in [3.05, 3.63) is 60.2 Å². The maximum absolute atomic E-state index is 13.2. The minimum Gasteiger partial charge on any atom is -0.406 e. The third-order valence-corrected chi connectivity index (χ3v) is 6.28. The molecule has 0 spiro atoms. The summed E-state index contributed by atoms with van der Waals surface area (Å²) in [6, 6.07) is 7.40. The van der Waals surface area contributed by atoms with Crippen molar-refractivity contribution in [2.45, 2.75) is 37.5 Å². The van der Waals surface area contributed by atoms with Crippen LogP contribution in [0.5, 0.6) is 5.75 Å². The first-order valence-electron chi connectivity index (χ1n) is 10.6. The average Bonchev–Trinajstić information content (AvgIpc) is 3.05. The fourth-order valence-electron chi connectivity index (χ4n) is 4.40. The lowest BCUT2D eigenvalue weighted by molar-refractivity contribution is -0.274. The fraction of sp³-hybridized carbons (Fsp3) is 0.348. The molecule has 33 heavy (non-hydrogen) atoms. The van der Waals surface area contributed by atoms with Gasteiger partial charge in [0.2, 0.25) is 0 Å². The van der Waals surface area contributed by atoms with E-state index in [2.05, 4.69) is 16.3 Å². The van der Waals surface area contributed by atoms with Crippen molar-refractivity contribution in [3.8, 4) is 11.4 Å². The number of fused-ring (bicyclic) bond motifs is 1. The van der Waals surface area contributed by atoms with Crippen LogP contribution in [0.1, 0.15) is 42.4 Å². The highest BCUT2D eigenvalue weighted by molar-refractivity contribution is 5.92. The predicted molar refractivity (Wildman–Crippen MR) is 112 cm³/mol. The molecule has 1 aromatic carbocycles. The van der Waals surface area contributed by atoms with Gasteiger partial charge in [-0.25, -0.2) is 14.1 Å². The maximum Gasteiger partial charge on any atom is 0.573 e. The summed E-state index contributed by atoms with van der Waals surface area (Å²) < 4.78 is 56.3. The Morgan fingerprint density at radius 1 is 1.09 bits per heavy atom. The standard InChI is InChI=1S/C23H20F4N4O2/c1-13(24)22(32)30-11-15(12-30)20-19-18(14-3-2-4-14)9-10-28-21(19)31(29-20)16-5-7-17(8-6-16)33-23(25,26)27/h5-10,14-15H,1-4,11-12H2. The number of pyridine rings is 1. The van der Waals surface area contributed by atoms with Crippen molar-refractivity contribution >= 4 is 16.9 Å². The van der Waals surface area contributed by atoms with Gasteiger partial charge in [0.05, 0.1) is 11.4 Å². The molecule has 2 aliphatic rings. The Balaban J connectivity index is 1.54. The molecule has 1 amide bonds. The molecule has 1 saturated heterocycles. The molecule has 0 unspecified atom stereocenters. The largest absolute Gasteiger partial charge is 0.573 e. The number of hydrogen-bond acceptors (Lipinski definition) is 4. The van der Waals surface area contributed by atoms with E-state index in [9.17, 15) is 22.4 Å². The van der Waals surface area contributed by atoms with E-state index in [1.54, 1.807) is 10.9 Å². The van der Waals surface area contributed by atoms with Gasteiger partial charge in [0.25, 0.3) is 5.91 Å². The molecule has 172 valence electrons. The van der Waals surface area contributed by atoms with Gasteiger partial charge in [0.1, 0.15) is 5.75 Å². The van der Waals surface area contributed by atoms with Crippen LogP contribution in [0.2, 0.25) is 0 Å². The summed E-state index contributed by atoms with van der Waals surface area (Å²) >= 11 is 0. The Hall–Kier alpha value is -3.43. The maximum atomic E-state index is 13.2. The summed E-state index contributed by atoms with van der Waals surface area (Å²) in [5.41, 5.74) is 3.01. The van der Waals surface area contributed by atoms with Gasteiger partial charge < -0.3 is 9.64 Å². The van der Waals surface area contributed by atoms with E-state index >= 15 is 0 Å². The fourth-order valence-corrected chi connectivity index (χ4v) is 4.40. The van der Waals surface area contributed by atoms with E-state index < -0.39 is 18.1 Å². The summed E-state index contributed by atoms with van der Waals surface area (Å²) in [6.45, 7) is 3.69. The number of hydrogen-bond donors (Lipinski definition) is 0. The molecule has 0 N–H and O–H groups in total. The summed E-state index contributed by atoms with van der Waals surface area (Å²) in [4.78, 5) is 17.8. The molecule has 1 aliphatic heterocycles. The minimum absolute atomic E-state index is 0.104. The molecule has 5 rings (SSSR count). The molecular weight excluding hydrogens is 440 g/mol. The number of aromatic nitrogens is 3. The van der Waals surface area contributed by atoms with Gasteiger partial charge in [-0.15, -0.1) is 13.2 Å². The monoisotopic (exact) mass is 460 g/mol. The van der Waals surface area contributed by atoms with Crippen LogP contribution in [0, 0.1) is 0 Å². The van der Waals surface area contributed by atoms with E-state index in [-0.39, 0.29) is 11.7 Å². The Labute approximate surface area is 186 Å². The SMILES string of the molecule is C=C(F)C(=O)N1CC(c2nn(-c3ccc(OC(F)(F)F)cc3)c3nccc(C4CCC4)c23)C1. The first kappa shape index (κ1) is 21.4. The summed E-state index contributed by atoms with van der Waals surface area (Å²) in [7, 11) is 0. The second kappa shape index (κ2) is 7.86. The highest BCUT2D eigenvalue weighted by atomic mass is 19.4. The molecule has 1 saturated carbocycles. The molecule has 3 heterocycles. The lowest BCUT2D eigenvalue weighted by atomic mass is 9.78. The van der Waals surface area contributed by atoms with Gasteiger partial charge >= 0.3 is 6.36 Å². The third kappa shape index (κ3) is 3.94. The average molecular weight is 460 g/mol. The first-order chi connectivity index (χ1) is 15.7. The summed E-state index contributed by atoms with van der Waals surface area (Å²) in [5, 5.41) is 5.66. The smallest absolute Gasteiger partial charge is 0.406 e. The van der Waals surface area contributed by atoms with Crippen LogP contribution < -0.4 is 4.74 Å². The normalized spacial score (nSPS) is 17.0. The number of halogens is 4. The molecule has 0 radical (unpaired) electrons. The Kier molecular flexibility index (Phi) is 5.10. The van der Waals surface area contributed by atoms with Crippen molar-refractivity contribution in [1.82, 2.24) is 19.7 Å². The topological polar surface area (TPSA) is 60.2 Å². The molecule has 10 heteroatoms. The predicted octanol–water partition coefficient (Wildman–Crippen LogP) is 5.00.